The minimum absolute atomic E-state index is 0.127. The highest BCUT2D eigenvalue weighted by Gasteiger charge is 2.15. The molecule has 0 unspecified atom stereocenters. The molecule has 0 aliphatic rings. The van der Waals surface area contributed by atoms with Crippen LogP contribution in [0.5, 0.6) is 17.4 Å². The predicted octanol–water partition coefficient (Wildman–Crippen LogP) is 6.15. The van der Waals surface area contributed by atoms with Crippen LogP contribution in [0.4, 0.5) is 0 Å². The number of rotatable bonds is 11. The number of ether oxygens (including phenoxy) is 3. The van der Waals surface area contributed by atoms with Crippen LogP contribution in [-0.2, 0) is 17.8 Å². The van der Waals surface area contributed by atoms with E-state index in [1.807, 2.05) is 73.7 Å². The summed E-state index contributed by atoms with van der Waals surface area (Å²) in [6, 6.07) is 24.4. The molecule has 0 atom stereocenters. The van der Waals surface area contributed by atoms with Crippen molar-refractivity contribution in [2.75, 3.05) is 7.11 Å². The maximum Gasteiger partial charge on any atom is 0.349 e. The summed E-state index contributed by atoms with van der Waals surface area (Å²) in [5, 5.41) is 4.47. The molecular weight excluding hydrogens is 545 g/mol. The molecular formula is C30H28N3O7P. The summed E-state index contributed by atoms with van der Waals surface area (Å²) >= 11 is 0. The second-order valence-corrected chi connectivity index (χ2v) is 10.5. The highest BCUT2D eigenvalue weighted by molar-refractivity contribution is 7.55. The lowest BCUT2D eigenvalue weighted by Crippen LogP contribution is -2.02. The van der Waals surface area contributed by atoms with Gasteiger partial charge in [-0.1, -0.05) is 42.5 Å². The Balaban J connectivity index is 1.30. The van der Waals surface area contributed by atoms with Crippen LogP contribution in [0.3, 0.4) is 0 Å². The molecule has 0 radical (unpaired) electrons. The third kappa shape index (κ3) is 7.12. The van der Waals surface area contributed by atoms with Gasteiger partial charge >= 0.3 is 7.60 Å². The molecule has 0 saturated heterocycles. The van der Waals surface area contributed by atoms with Gasteiger partial charge in [0.25, 0.3) is 0 Å². The van der Waals surface area contributed by atoms with E-state index in [9.17, 15) is 14.4 Å². The lowest BCUT2D eigenvalue weighted by molar-refractivity contribution is 0.275. The van der Waals surface area contributed by atoms with Gasteiger partial charge in [0.1, 0.15) is 24.7 Å². The van der Waals surface area contributed by atoms with Crippen molar-refractivity contribution in [3.8, 4) is 34.5 Å². The number of aryl methyl sites for hydroxylation is 1. The lowest BCUT2D eigenvalue weighted by Gasteiger charge is -2.12. The molecule has 2 N–H and O–H groups in total. The fourth-order valence-corrected chi connectivity index (χ4v) is 4.33. The van der Waals surface area contributed by atoms with Crippen molar-refractivity contribution >= 4 is 13.7 Å². The summed E-state index contributed by atoms with van der Waals surface area (Å²) < 4.78 is 36.3. The summed E-state index contributed by atoms with van der Waals surface area (Å²) in [7, 11) is -2.82. The summed E-state index contributed by atoms with van der Waals surface area (Å²) in [4.78, 5) is 23.2. The number of hydrogen-bond donors (Lipinski definition) is 2. The number of methoxy groups -OCH3 is 1. The van der Waals surface area contributed by atoms with Crippen molar-refractivity contribution in [3.63, 3.8) is 0 Å². The first-order valence-electron chi connectivity index (χ1n) is 12.6. The third-order valence-electron chi connectivity index (χ3n) is 6.06. The molecule has 2 aromatic heterocycles. The van der Waals surface area contributed by atoms with Gasteiger partial charge in [0.05, 0.1) is 18.4 Å². The van der Waals surface area contributed by atoms with Crippen LogP contribution in [0.25, 0.3) is 23.2 Å². The number of benzene rings is 3. The Kier molecular flexibility index (Phi) is 8.35. The first-order valence-corrected chi connectivity index (χ1v) is 14.3. The minimum atomic E-state index is -4.37. The topological polar surface area (TPSA) is 129 Å². The number of aromatic nitrogens is 3. The van der Waals surface area contributed by atoms with E-state index in [0.717, 1.165) is 22.6 Å². The van der Waals surface area contributed by atoms with Crippen LogP contribution >= 0.6 is 7.60 Å². The van der Waals surface area contributed by atoms with Gasteiger partial charge in [-0.2, -0.15) is 0 Å². The van der Waals surface area contributed by atoms with Gasteiger partial charge in [-0.05, 0) is 55.0 Å². The number of hydrogen-bond acceptors (Lipinski definition) is 7. The molecule has 0 aliphatic carbocycles. The molecule has 0 spiro atoms. The summed E-state index contributed by atoms with van der Waals surface area (Å²) in [5.74, 6) is 3.28. The molecule has 3 aromatic carbocycles. The molecule has 0 bridgehead atoms. The molecule has 0 amide bonds. The van der Waals surface area contributed by atoms with Crippen molar-refractivity contribution < 1.29 is 33.0 Å². The first kappa shape index (κ1) is 27.9. The van der Waals surface area contributed by atoms with E-state index >= 15 is 0 Å². The van der Waals surface area contributed by atoms with Crippen molar-refractivity contribution in [3.05, 3.63) is 113 Å². The Morgan fingerprint density at radius 2 is 1.68 bits per heavy atom. The van der Waals surface area contributed by atoms with Gasteiger partial charge in [-0.15, -0.1) is 5.10 Å². The van der Waals surface area contributed by atoms with E-state index < -0.39 is 7.60 Å². The Hall–Kier alpha value is -4.63. The fraction of sp³-hybridized carbons (Fsp3) is 0.133. The second kappa shape index (κ2) is 12.3. The average molecular weight is 574 g/mol. The van der Waals surface area contributed by atoms with E-state index in [4.69, 9.17) is 18.6 Å². The molecule has 5 aromatic rings. The average Bonchev–Trinajstić information content (AvgIpc) is 3.57. The minimum Gasteiger partial charge on any atom is -0.493 e. The first-order chi connectivity index (χ1) is 19.8. The van der Waals surface area contributed by atoms with Crippen LogP contribution in [0.2, 0.25) is 0 Å². The SMILES string of the molecule is COc1cc(COc2nn(-c3ccccc3)cc2C=CP(=O)(O)O)ccc1OCc1nc(-c2ccccc2)oc1C. The zero-order chi connectivity index (χ0) is 28.8. The van der Waals surface area contributed by atoms with Crippen LogP contribution in [0.1, 0.15) is 22.6 Å². The van der Waals surface area contributed by atoms with Gasteiger partial charge in [-0.3, -0.25) is 4.57 Å². The largest absolute Gasteiger partial charge is 0.493 e. The van der Waals surface area contributed by atoms with E-state index in [2.05, 4.69) is 10.1 Å². The van der Waals surface area contributed by atoms with E-state index in [1.165, 1.54) is 6.08 Å². The summed E-state index contributed by atoms with van der Waals surface area (Å²) in [6.45, 7) is 2.17. The van der Waals surface area contributed by atoms with Crippen LogP contribution in [-0.4, -0.2) is 31.7 Å². The van der Waals surface area contributed by atoms with Gasteiger partial charge in [0.2, 0.25) is 11.8 Å². The summed E-state index contributed by atoms with van der Waals surface area (Å²) in [5.41, 5.74) is 3.54. The molecule has 0 saturated carbocycles. The predicted molar refractivity (Wildman–Crippen MR) is 153 cm³/mol. The van der Waals surface area contributed by atoms with Crippen molar-refractivity contribution in [2.24, 2.45) is 0 Å². The van der Waals surface area contributed by atoms with Crippen LogP contribution in [0, 0.1) is 6.92 Å². The second-order valence-electron chi connectivity index (χ2n) is 9.03. The van der Waals surface area contributed by atoms with Gasteiger partial charge in [-0.25, -0.2) is 9.67 Å². The molecule has 10 nitrogen and oxygen atoms in total. The zero-order valence-corrected chi connectivity index (χ0v) is 23.3. The van der Waals surface area contributed by atoms with E-state index in [0.29, 0.717) is 34.4 Å². The summed E-state index contributed by atoms with van der Waals surface area (Å²) in [6.07, 6.45) is 2.94. The zero-order valence-electron chi connectivity index (χ0n) is 22.4. The lowest BCUT2D eigenvalue weighted by atomic mass is 10.2. The maximum absolute atomic E-state index is 11.4. The quantitative estimate of drug-likeness (QED) is 0.179. The monoisotopic (exact) mass is 573 g/mol. The Bertz CT molecular complexity index is 1690. The van der Waals surface area contributed by atoms with Crippen molar-refractivity contribution in [2.45, 2.75) is 20.1 Å². The standard InChI is InChI=1S/C30H28N3O7P/c1-21-26(31-29(40-21)23-9-5-3-6-10-23)20-38-27-14-13-22(17-28(27)37-2)19-39-30-24(15-16-41(34,35)36)18-33(32-30)25-11-7-4-8-12-25/h3-18H,19-20H2,1-2H3,(H2,34,35,36). The number of para-hydroxylation sites is 1. The van der Waals surface area contributed by atoms with Gasteiger partial charge < -0.3 is 28.4 Å². The highest BCUT2D eigenvalue weighted by atomic mass is 31.2. The van der Waals surface area contributed by atoms with Crippen LogP contribution < -0.4 is 14.2 Å². The fourth-order valence-electron chi connectivity index (χ4n) is 3.97. The molecule has 2 heterocycles. The molecule has 11 heteroatoms. The van der Waals surface area contributed by atoms with E-state index in [-0.39, 0.29) is 19.1 Å². The highest BCUT2D eigenvalue weighted by Crippen LogP contribution is 2.38. The third-order valence-corrected chi connectivity index (χ3v) is 6.59. The normalized spacial score (nSPS) is 11.6. The Morgan fingerprint density at radius 1 is 0.951 bits per heavy atom. The molecule has 41 heavy (non-hydrogen) atoms. The molecule has 210 valence electrons. The van der Waals surface area contributed by atoms with Crippen molar-refractivity contribution in [1.82, 2.24) is 14.8 Å². The van der Waals surface area contributed by atoms with E-state index in [1.54, 1.807) is 30.1 Å². The molecule has 5 rings (SSSR count). The molecule has 0 fully saturated rings. The van der Waals surface area contributed by atoms with Crippen molar-refractivity contribution in [1.29, 1.82) is 0 Å². The van der Waals surface area contributed by atoms with Crippen LogP contribution in [0.15, 0.2) is 95.3 Å². The smallest absolute Gasteiger partial charge is 0.349 e. The maximum atomic E-state index is 11.4. The Labute approximate surface area is 236 Å². The van der Waals surface area contributed by atoms with Gasteiger partial charge in [0, 0.05) is 17.6 Å². The Morgan fingerprint density at radius 3 is 2.39 bits per heavy atom. The number of nitrogens with zero attached hydrogens (tertiary/aromatic N) is 3. The molecule has 0 aliphatic heterocycles. The number of oxazole rings is 1. The van der Waals surface area contributed by atoms with Gasteiger partial charge in [0.15, 0.2) is 11.5 Å².